The van der Waals surface area contributed by atoms with Gasteiger partial charge >= 0.3 is 0 Å². The summed E-state index contributed by atoms with van der Waals surface area (Å²) in [4.78, 5) is 14.6. The molecule has 0 aliphatic carbocycles. The van der Waals surface area contributed by atoms with Crippen molar-refractivity contribution in [3.63, 3.8) is 0 Å². The number of nitrogens with zero attached hydrogens (tertiary/aromatic N) is 1. The Morgan fingerprint density at radius 1 is 1.18 bits per heavy atom. The number of para-hydroxylation sites is 1. The molecule has 1 aliphatic heterocycles. The summed E-state index contributed by atoms with van der Waals surface area (Å²) in [7, 11) is 0. The number of hydrogen-bond donors (Lipinski definition) is 2. The van der Waals surface area contributed by atoms with Gasteiger partial charge in [0.05, 0.1) is 6.54 Å². The Morgan fingerprint density at radius 3 is 2.50 bits per heavy atom. The average Bonchev–Trinajstić information content (AvgIpc) is 2.76. The van der Waals surface area contributed by atoms with Crippen molar-refractivity contribution in [3.8, 4) is 0 Å². The molecule has 22 heavy (non-hydrogen) atoms. The zero-order valence-electron chi connectivity index (χ0n) is 13.7. The van der Waals surface area contributed by atoms with Crippen LogP contribution in [0.2, 0.25) is 0 Å². The van der Waals surface area contributed by atoms with Gasteiger partial charge < -0.3 is 10.6 Å². The molecule has 0 bridgehead atoms. The van der Waals surface area contributed by atoms with Gasteiger partial charge in [-0.3, -0.25) is 9.69 Å². The molecular weight excluding hydrogens is 298 g/mol. The Balaban J connectivity index is 0.00000242. The molecule has 1 saturated heterocycles. The van der Waals surface area contributed by atoms with Crippen molar-refractivity contribution >= 4 is 24.0 Å². The second-order valence-electron chi connectivity index (χ2n) is 5.59. The van der Waals surface area contributed by atoms with Crippen molar-refractivity contribution in [2.75, 3.05) is 38.0 Å². The van der Waals surface area contributed by atoms with Crippen LogP contribution in [-0.4, -0.2) is 43.5 Å². The first-order chi connectivity index (χ1) is 10.2. The van der Waals surface area contributed by atoms with Crippen molar-refractivity contribution < 1.29 is 4.79 Å². The monoisotopic (exact) mass is 325 g/mol. The number of carbonyl (C=O) groups is 1. The largest absolute Gasteiger partial charge is 0.324 e. The smallest absolute Gasteiger partial charge is 0.238 e. The molecule has 1 aliphatic rings. The predicted molar refractivity (Wildman–Crippen MR) is 95.0 cm³/mol. The van der Waals surface area contributed by atoms with Crippen LogP contribution in [0.5, 0.6) is 0 Å². The summed E-state index contributed by atoms with van der Waals surface area (Å²) in [6.07, 6.45) is 2.99. The molecule has 0 radical (unpaired) electrons. The van der Waals surface area contributed by atoms with E-state index in [1.54, 1.807) is 0 Å². The summed E-state index contributed by atoms with van der Waals surface area (Å²) in [5.41, 5.74) is 3.47. The van der Waals surface area contributed by atoms with Crippen LogP contribution in [0, 0.1) is 0 Å². The highest BCUT2D eigenvalue weighted by Crippen LogP contribution is 2.22. The van der Waals surface area contributed by atoms with Crippen molar-refractivity contribution in [3.05, 3.63) is 29.3 Å². The third kappa shape index (κ3) is 5.27. The minimum atomic E-state index is 0. The van der Waals surface area contributed by atoms with Gasteiger partial charge in [-0.05, 0) is 43.5 Å². The molecule has 4 nitrogen and oxygen atoms in total. The first-order valence-electron chi connectivity index (χ1n) is 8.08. The lowest BCUT2D eigenvalue weighted by molar-refractivity contribution is -0.117. The molecule has 2 N–H and O–H groups in total. The maximum Gasteiger partial charge on any atom is 0.238 e. The Bertz CT molecular complexity index is 449. The van der Waals surface area contributed by atoms with Gasteiger partial charge in [-0.15, -0.1) is 12.4 Å². The number of benzene rings is 1. The molecule has 2 rings (SSSR count). The van der Waals surface area contributed by atoms with Crippen LogP contribution in [0.4, 0.5) is 5.69 Å². The van der Waals surface area contributed by atoms with Crippen LogP contribution in [0.25, 0.3) is 0 Å². The van der Waals surface area contributed by atoms with Gasteiger partial charge in [0.2, 0.25) is 5.91 Å². The molecule has 0 aromatic heterocycles. The quantitative estimate of drug-likeness (QED) is 0.874. The number of amides is 1. The van der Waals surface area contributed by atoms with E-state index >= 15 is 0 Å². The van der Waals surface area contributed by atoms with Gasteiger partial charge in [-0.25, -0.2) is 0 Å². The molecule has 0 unspecified atom stereocenters. The van der Waals surface area contributed by atoms with E-state index in [1.165, 1.54) is 11.1 Å². The molecule has 0 atom stereocenters. The fourth-order valence-corrected chi connectivity index (χ4v) is 2.84. The molecule has 5 heteroatoms. The Labute approximate surface area is 140 Å². The van der Waals surface area contributed by atoms with Gasteiger partial charge in [-0.2, -0.15) is 0 Å². The summed E-state index contributed by atoms with van der Waals surface area (Å²) < 4.78 is 0. The molecule has 1 aromatic carbocycles. The number of hydrogen-bond acceptors (Lipinski definition) is 3. The first-order valence-corrected chi connectivity index (χ1v) is 8.08. The third-order valence-corrected chi connectivity index (χ3v) is 4.06. The second kappa shape index (κ2) is 9.82. The summed E-state index contributed by atoms with van der Waals surface area (Å²) >= 11 is 0. The summed E-state index contributed by atoms with van der Waals surface area (Å²) in [6, 6.07) is 6.28. The summed E-state index contributed by atoms with van der Waals surface area (Å²) in [5.74, 6) is 0.104. The molecule has 0 saturated carbocycles. The van der Waals surface area contributed by atoms with Gasteiger partial charge in [0.1, 0.15) is 0 Å². The van der Waals surface area contributed by atoms with E-state index in [9.17, 15) is 4.79 Å². The third-order valence-electron chi connectivity index (χ3n) is 4.06. The SMILES string of the molecule is CCc1cccc(CC)c1NC(=O)CN1CCCNCC1.Cl. The van der Waals surface area contributed by atoms with Gasteiger partial charge in [0.15, 0.2) is 0 Å². The number of carbonyl (C=O) groups excluding carboxylic acids is 1. The summed E-state index contributed by atoms with van der Waals surface area (Å²) in [6.45, 7) is 8.72. The molecule has 0 spiro atoms. The van der Waals surface area contributed by atoms with Crippen LogP contribution in [0.3, 0.4) is 0 Å². The maximum atomic E-state index is 12.4. The van der Waals surface area contributed by atoms with Crippen LogP contribution >= 0.6 is 12.4 Å². The van der Waals surface area contributed by atoms with Crippen molar-refractivity contribution in [1.82, 2.24) is 10.2 Å². The van der Waals surface area contributed by atoms with E-state index in [0.29, 0.717) is 6.54 Å². The van der Waals surface area contributed by atoms with Crippen molar-refractivity contribution in [2.24, 2.45) is 0 Å². The Hall–Kier alpha value is -1.10. The van der Waals surface area contributed by atoms with Crippen molar-refractivity contribution in [1.29, 1.82) is 0 Å². The number of aryl methyl sites for hydroxylation is 2. The fraction of sp³-hybridized carbons (Fsp3) is 0.588. The highest BCUT2D eigenvalue weighted by molar-refractivity contribution is 5.93. The lowest BCUT2D eigenvalue weighted by Gasteiger charge is -2.20. The van der Waals surface area contributed by atoms with Gasteiger partial charge in [0, 0.05) is 18.8 Å². The topological polar surface area (TPSA) is 44.4 Å². The lowest BCUT2D eigenvalue weighted by Crippen LogP contribution is -2.36. The van der Waals surface area contributed by atoms with Gasteiger partial charge in [-0.1, -0.05) is 32.0 Å². The molecule has 1 aromatic rings. The molecular formula is C17H28ClN3O. The molecule has 1 heterocycles. The molecule has 124 valence electrons. The normalized spacial score (nSPS) is 15.7. The maximum absolute atomic E-state index is 12.4. The number of halogens is 1. The highest BCUT2D eigenvalue weighted by Gasteiger charge is 2.15. The zero-order chi connectivity index (χ0) is 15.1. The van der Waals surface area contributed by atoms with Crippen LogP contribution in [0.1, 0.15) is 31.4 Å². The Kier molecular flexibility index (Phi) is 8.46. The summed E-state index contributed by atoms with van der Waals surface area (Å²) in [5, 5.41) is 6.51. The van der Waals surface area contributed by atoms with E-state index in [-0.39, 0.29) is 18.3 Å². The van der Waals surface area contributed by atoms with E-state index in [1.807, 2.05) is 0 Å². The minimum Gasteiger partial charge on any atom is -0.324 e. The second-order valence-corrected chi connectivity index (χ2v) is 5.59. The molecule has 1 amide bonds. The first kappa shape index (κ1) is 18.9. The number of anilines is 1. The van der Waals surface area contributed by atoms with E-state index in [4.69, 9.17) is 0 Å². The Morgan fingerprint density at radius 2 is 1.86 bits per heavy atom. The highest BCUT2D eigenvalue weighted by atomic mass is 35.5. The lowest BCUT2D eigenvalue weighted by atomic mass is 10.0. The van der Waals surface area contributed by atoms with E-state index < -0.39 is 0 Å². The zero-order valence-corrected chi connectivity index (χ0v) is 14.5. The van der Waals surface area contributed by atoms with E-state index in [2.05, 4.69) is 47.6 Å². The van der Waals surface area contributed by atoms with Crippen LogP contribution < -0.4 is 10.6 Å². The average molecular weight is 326 g/mol. The predicted octanol–water partition coefficient (Wildman–Crippen LogP) is 2.47. The van der Waals surface area contributed by atoms with E-state index in [0.717, 1.165) is 51.1 Å². The standard InChI is InChI=1S/C17H27N3O.ClH/c1-3-14-7-5-8-15(4-2)17(14)19-16(21)13-20-11-6-9-18-10-12-20;/h5,7-8,18H,3-4,6,9-13H2,1-2H3,(H,19,21);1H. The van der Waals surface area contributed by atoms with Crippen molar-refractivity contribution in [2.45, 2.75) is 33.1 Å². The van der Waals surface area contributed by atoms with Crippen LogP contribution in [0.15, 0.2) is 18.2 Å². The van der Waals surface area contributed by atoms with Crippen LogP contribution in [-0.2, 0) is 17.6 Å². The molecule has 1 fully saturated rings. The number of rotatable bonds is 5. The minimum absolute atomic E-state index is 0. The number of nitrogens with one attached hydrogen (secondary N) is 2. The fourth-order valence-electron chi connectivity index (χ4n) is 2.84. The van der Waals surface area contributed by atoms with Gasteiger partial charge in [0.25, 0.3) is 0 Å².